The normalized spacial score (nSPS) is 35.1. The molecule has 1 fully saturated rings. The molecule has 1 rings (SSSR count). The molecule has 4 N–H and O–H groups in total. The summed E-state index contributed by atoms with van der Waals surface area (Å²) in [6.45, 7) is -0.500. The molecule has 0 spiro atoms. The third-order valence-electron chi connectivity index (χ3n) is 1.71. The van der Waals surface area contributed by atoms with E-state index < -0.39 is 24.9 Å². The third kappa shape index (κ3) is 1.66. The lowest BCUT2D eigenvalue weighted by Gasteiger charge is -2.17. The Bertz CT molecular complexity index is 183. The quantitative estimate of drug-likeness (QED) is 0.297. The molecule has 6 nitrogen and oxygen atoms in total. The van der Waals surface area contributed by atoms with E-state index in [-0.39, 0.29) is 12.3 Å². The van der Waals surface area contributed by atoms with Crippen molar-refractivity contribution < 1.29 is 25.3 Å². The van der Waals surface area contributed by atoms with E-state index in [9.17, 15) is 5.11 Å². The summed E-state index contributed by atoms with van der Waals surface area (Å²) in [6.07, 6.45) is -2.93. The molecular formula is C6H11NO5. The predicted octanol–water partition coefficient (Wildman–Crippen LogP) is -1.72. The molecule has 6 heteroatoms. The summed E-state index contributed by atoms with van der Waals surface area (Å²) in [7, 11) is 0. The van der Waals surface area contributed by atoms with Crippen molar-refractivity contribution in [3.63, 3.8) is 0 Å². The molecular weight excluding hydrogens is 166 g/mol. The fourth-order valence-corrected chi connectivity index (χ4v) is 1.08. The molecule has 3 atom stereocenters. The van der Waals surface area contributed by atoms with Crippen LogP contribution in [0.15, 0.2) is 5.16 Å². The van der Waals surface area contributed by atoms with Crippen LogP contribution >= 0.6 is 0 Å². The molecule has 1 aliphatic heterocycles. The summed E-state index contributed by atoms with van der Waals surface area (Å²) < 4.78 is 4.82. The zero-order valence-electron chi connectivity index (χ0n) is 6.29. The van der Waals surface area contributed by atoms with Gasteiger partial charge in [0.2, 0.25) is 5.90 Å². The summed E-state index contributed by atoms with van der Waals surface area (Å²) in [6, 6.07) is 0. The fraction of sp³-hybridized carbons (Fsp3) is 0.833. The van der Waals surface area contributed by atoms with Crippen molar-refractivity contribution in [2.24, 2.45) is 5.16 Å². The van der Waals surface area contributed by atoms with Crippen molar-refractivity contribution in [2.45, 2.75) is 24.7 Å². The monoisotopic (exact) mass is 177 g/mol. The van der Waals surface area contributed by atoms with Gasteiger partial charge in [0.05, 0.1) is 13.0 Å². The number of oxime groups is 1. The average Bonchev–Trinajstić information content (AvgIpc) is 2.45. The first-order valence-corrected chi connectivity index (χ1v) is 3.53. The zero-order valence-corrected chi connectivity index (χ0v) is 6.29. The van der Waals surface area contributed by atoms with Crippen molar-refractivity contribution in [1.29, 1.82) is 0 Å². The molecule has 0 radical (unpaired) electrons. The predicted molar refractivity (Wildman–Crippen MR) is 37.8 cm³/mol. The fourth-order valence-electron chi connectivity index (χ4n) is 1.08. The van der Waals surface area contributed by atoms with Crippen molar-refractivity contribution in [1.82, 2.24) is 0 Å². The third-order valence-corrected chi connectivity index (χ3v) is 1.71. The van der Waals surface area contributed by atoms with Crippen molar-refractivity contribution in [3.8, 4) is 0 Å². The molecule has 1 aliphatic rings. The van der Waals surface area contributed by atoms with Crippen LogP contribution in [0, 0.1) is 0 Å². The van der Waals surface area contributed by atoms with E-state index in [4.69, 9.17) is 20.2 Å². The highest BCUT2D eigenvalue weighted by Crippen LogP contribution is 2.18. The molecule has 0 aromatic carbocycles. The van der Waals surface area contributed by atoms with Crippen LogP contribution in [0.5, 0.6) is 0 Å². The van der Waals surface area contributed by atoms with Gasteiger partial charge in [0.1, 0.15) is 12.2 Å². The topological polar surface area (TPSA) is 103 Å². The molecule has 0 bridgehead atoms. The Balaban J connectivity index is 2.57. The minimum atomic E-state index is -1.15. The SMILES string of the molecule is OC[C@@H](O)[C@H]1O/C(=N\O)C[C@H]1O. The summed E-state index contributed by atoms with van der Waals surface area (Å²) in [5.41, 5.74) is 0. The highest BCUT2D eigenvalue weighted by Gasteiger charge is 2.37. The maximum absolute atomic E-state index is 9.20. The van der Waals surface area contributed by atoms with Crippen LogP contribution in [0.25, 0.3) is 0 Å². The number of hydrogen-bond donors (Lipinski definition) is 4. The number of nitrogens with zero attached hydrogens (tertiary/aromatic N) is 1. The molecule has 0 unspecified atom stereocenters. The van der Waals surface area contributed by atoms with E-state index >= 15 is 0 Å². The minimum Gasteiger partial charge on any atom is -0.470 e. The summed E-state index contributed by atoms with van der Waals surface area (Å²) in [4.78, 5) is 0. The molecule has 1 heterocycles. The van der Waals surface area contributed by atoms with Gasteiger partial charge in [0.15, 0.2) is 6.10 Å². The number of hydrogen-bond acceptors (Lipinski definition) is 6. The van der Waals surface area contributed by atoms with Gasteiger partial charge in [-0.25, -0.2) is 0 Å². The van der Waals surface area contributed by atoms with Gasteiger partial charge in [-0.1, -0.05) is 5.16 Å². The number of rotatable bonds is 2. The van der Waals surface area contributed by atoms with E-state index in [0.29, 0.717) is 0 Å². The Labute approximate surface area is 68.7 Å². The van der Waals surface area contributed by atoms with Crippen LogP contribution in [-0.2, 0) is 4.74 Å². The summed E-state index contributed by atoms with van der Waals surface area (Å²) in [5, 5.41) is 37.8. The van der Waals surface area contributed by atoms with E-state index in [1.54, 1.807) is 0 Å². The Morgan fingerprint density at radius 1 is 1.67 bits per heavy atom. The molecule has 12 heavy (non-hydrogen) atoms. The van der Waals surface area contributed by atoms with Crippen molar-refractivity contribution in [2.75, 3.05) is 6.61 Å². The van der Waals surface area contributed by atoms with Gasteiger partial charge in [-0.3, -0.25) is 0 Å². The lowest BCUT2D eigenvalue weighted by Crippen LogP contribution is -2.36. The van der Waals surface area contributed by atoms with Crippen molar-refractivity contribution >= 4 is 5.90 Å². The second-order valence-corrected chi connectivity index (χ2v) is 2.60. The highest BCUT2D eigenvalue weighted by molar-refractivity contribution is 5.78. The second kappa shape index (κ2) is 3.70. The Morgan fingerprint density at radius 2 is 2.33 bits per heavy atom. The van der Waals surface area contributed by atoms with Crippen LogP contribution in [-0.4, -0.2) is 51.3 Å². The summed E-state index contributed by atoms with van der Waals surface area (Å²) >= 11 is 0. The molecule has 70 valence electrons. The largest absolute Gasteiger partial charge is 0.470 e. The number of aliphatic hydroxyl groups excluding tert-OH is 3. The molecule has 0 aromatic rings. The van der Waals surface area contributed by atoms with E-state index in [1.165, 1.54) is 0 Å². The highest BCUT2D eigenvalue weighted by atomic mass is 16.6. The van der Waals surface area contributed by atoms with Gasteiger partial charge in [0.25, 0.3) is 0 Å². The van der Waals surface area contributed by atoms with Crippen LogP contribution in [0.4, 0.5) is 0 Å². The minimum absolute atomic E-state index is 0.0278. The zero-order chi connectivity index (χ0) is 9.14. The van der Waals surface area contributed by atoms with Gasteiger partial charge in [0, 0.05) is 0 Å². The molecule has 0 aromatic heterocycles. The van der Waals surface area contributed by atoms with Crippen LogP contribution in [0.1, 0.15) is 6.42 Å². The lowest BCUT2D eigenvalue weighted by atomic mass is 10.1. The standard InChI is InChI=1S/C6H11NO5/c8-2-4(10)6-3(9)1-5(7-11)12-6/h3-4,6,8-11H,1-2H2/b7-5-/t3-,4-,6+/m1/s1. The van der Waals surface area contributed by atoms with Crippen LogP contribution < -0.4 is 0 Å². The number of ether oxygens (including phenoxy) is 1. The van der Waals surface area contributed by atoms with Crippen LogP contribution in [0.3, 0.4) is 0 Å². The summed E-state index contributed by atoms with van der Waals surface area (Å²) in [5.74, 6) is -0.0278. The second-order valence-electron chi connectivity index (χ2n) is 2.60. The van der Waals surface area contributed by atoms with Gasteiger partial charge >= 0.3 is 0 Å². The Kier molecular flexibility index (Phi) is 2.85. The molecule has 0 aliphatic carbocycles. The van der Waals surface area contributed by atoms with Crippen LogP contribution in [0.2, 0.25) is 0 Å². The van der Waals surface area contributed by atoms with Gasteiger partial charge in [-0.2, -0.15) is 0 Å². The van der Waals surface area contributed by atoms with E-state index in [0.717, 1.165) is 0 Å². The average molecular weight is 177 g/mol. The molecule has 0 saturated carbocycles. The lowest BCUT2D eigenvalue weighted by molar-refractivity contribution is -0.0443. The van der Waals surface area contributed by atoms with Gasteiger partial charge < -0.3 is 25.3 Å². The Morgan fingerprint density at radius 3 is 2.75 bits per heavy atom. The smallest absolute Gasteiger partial charge is 0.228 e. The number of aliphatic hydroxyl groups is 3. The first-order chi connectivity index (χ1) is 5.69. The van der Waals surface area contributed by atoms with Gasteiger partial charge in [-0.15, -0.1) is 0 Å². The van der Waals surface area contributed by atoms with E-state index in [2.05, 4.69) is 5.16 Å². The maximum Gasteiger partial charge on any atom is 0.228 e. The van der Waals surface area contributed by atoms with Crippen molar-refractivity contribution in [3.05, 3.63) is 0 Å². The van der Waals surface area contributed by atoms with Gasteiger partial charge in [-0.05, 0) is 0 Å². The Hall–Kier alpha value is -0.850. The molecule has 0 amide bonds. The first-order valence-electron chi connectivity index (χ1n) is 3.53. The molecule has 1 saturated heterocycles. The van der Waals surface area contributed by atoms with E-state index in [1.807, 2.05) is 0 Å². The maximum atomic E-state index is 9.20. The first kappa shape index (κ1) is 9.24.